The molecule has 318 valence electrons. The molecule has 16 heteroatoms. The second-order valence-corrected chi connectivity index (χ2v) is 18.0. The number of esters is 2. The molecule has 2 aliphatic heterocycles. The summed E-state index contributed by atoms with van der Waals surface area (Å²) < 4.78 is 21.7. The lowest BCUT2D eigenvalue weighted by Gasteiger charge is -2.60. The van der Waals surface area contributed by atoms with E-state index in [9.17, 15) is 38.4 Å². The van der Waals surface area contributed by atoms with Crippen LogP contribution in [-0.2, 0) is 60.6 Å². The van der Waals surface area contributed by atoms with Crippen LogP contribution >= 0.6 is 0 Å². The molecule has 2 heterocycles. The topological polar surface area (TPSA) is 204 Å². The molecule has 8 rings (SSSR count). The predicted octanol–water partition coefficient (Wildman–Crippen LogP) is 3.52. The number of hydrogen-bond donors (Lipinski definition) is 2. The molecular weight excluding hydrogens is 776 g/mol. The van der Waals surface area contributed by atoms with E-state index in [4.69, 9.17) is 18.9 Å². The lowest BCUT2D eigenvalue weighted by Crippen LogP contribution is -2.63. The third-order valence-corrected chi connectivity index (χ3v) is 11.7. The molecule has 6 amide bonds. The van der Waals surface area contributed by atoms with Crippen LogP contribution in [0.1, 0.15) is 52.7 Å². The average Bonchev–Trinajstić information content (AvgIpc) is 3.53. The third kappa shape index (κ3) is 8.36. The minimum atomic E-state index is -1.19. The number of hydrogen-bond acceptors (Lipinski definition) is 12. The summed E-state index contributed by atoms with van der Waals surface area (Å²) in [6.07, 6.45) is 2.10. The van der Waals surface area contributed by atoms with E-state index in [0.717, 1.165) is 20.9 Å². The fraction of sp³-hybridized carbons (Fsp3) is 0.500. The standard InChI is InChI=1S/C44H50N4O12/c1-43(2,3)59-41(55)45-27(19-23-13-9-7-10-14-23)39(53)57-21-47-35(49)31-25-17-18-26(32(31)36(47)50)30-29(25)33-34(30)38(52)48(37(33)51)22-58-40(54)28(20-24-15-11-8-12-16-24)46-42(56)60-44(4,5)6/h7-18,25-34H,19-22H2,1-6H3,(H,45,55)(H,46,56)/t25-,26+,27-,28-,29?,30?,31?,32?,33?,34?/m0/s1. The molecule has 0 radical (unpaired) electrons. The number of fused-ring (bicyclic) bond motifs is 1. The van der Waals surface area contributed by atoms with Gasteiger partial charge >= 0.3 is 24.1 Å². The van der Waals surface area contributed by atoms with Gasteiger partial charge in [0.2, 0.25) is 23.6 Å². The molecule has 0 spiro atoms. The minimum Gasteiger partial charge on any atom is -0.444 e. The van der Waals surface area contributed by atoms with Crippen molar-refractivity contribution in [1.82, 2.24) is 20.4 Å². The number of amides is 6. The van der Waals surface area contributed by atoms with Gasteiger partial charge in [0.25, 0.3) is 0 Å². The van der Waals surface area contributed by atoms with Crippen LogP contribution in [0.3, 0.4) is 0 Å². The number of nitrogens with one attached hydrogen (secondary N) is 2. The molecule has 2 saturated carbocycles. The molecule has 60 heavy (non-hydrogen) atoms. The Morgan fingerprint density at radius 2 is 0.883 bits per heavy atom. The SMILES string of the molecule is CC(C)(C)OC(=O)N[C@@H](Cc1ccccc1)C(=O)OCN1C(=O)C2C(C1=O)C1C2[C@@H]2C=C[C@H]1C1C(=O)N(COC(=O)[C@H](Cc3ccccc3)NC(=O)OC(C)(C)C)C(=O)C12. The minimum absolute atomic E-state index is 0.0573. The fourth-order valence-electron chi connectivity index (χ4n) is 9.42. The van der Waals surface area contributed by atoms with Crippen molar-refractivity contribution in [3.8, 4) is 0 Å². The highest BCUT2D eigenvalue weighted by atomic mass is 16.6. The highest BCUT2D eigenvalue weighted by Gasteiger charge is 2.75. The van der Waals surface area contributed by atoms with Crippen LogP contribution in [0.2, 0.25) is 0 Å². The summed E-state index contributed by atoms with van der Waals surface area (Å²) in [6.45, 7) is 8.72. The van der Waals surface area contributed by atoms with Crippen molar-refractivity contribution in [2.45, 2.75) is 77.7 Å². The number of imide groups is 2. The molecule has 2 N–H and O–H groups in total. The number of carbonyl (C=O) groups excluding carboxylic acids is 8. The van der Waals surface area contributed by atoms with Crippen LogP contribution in [-0.4, -0.2) is 94.3 Å². The first-order valence-electron chi connectivity index (χ1n) is 20.1. The monoisotopic (exact) mass is 826 g/mol. The zero-order valence-corrected chi connectivity index (χ0v) is 34.3. The van der Waals surface area contributed by atoms with E-state index in [1.54, 1.807) is 102 Å². The van der Waals surface area contributed by atoms with Crippen LogP contribution in [0.5, 0.6) is 0 Å². The first kappa shape index (κ1) is 42.1. The number of allylic oxidation sites excluding steroid dienone is 2. The summed E-state index contributed by atoms with van der Waals surface area (Å²) in [4.78, 5) is 110. The predicted molar refractivity (Wildman–Crippen MR) is 209 cm³/mol. The summed E-state index contributed by atoms with van der Waals surface area (Å²) in [5, 5.41) is 5.08. The van der Waals surface area contributed by atoms with Crippen LogP contribution in [0.25, 0.3) is 0 Å². The zero-order valence-electron chi connectivity index (χ0n) is 34.3. The largest absolute Gasteiger partial charge is 0.444 e. The Bertz CT molecular complexity index is 2040. The number of alkyl carbamates (subject to hydrolysis) is 2. The summed E-state index contributed by atoms with van der Waals surface area (Å²) in [5.41, 5.74) is -0.225. The van der Waals surface area contributed by atoms with Gasteiger partial charge in [0.05, 0.1) is 23.7 Å². The Morgan fingerprint density at radius 3 is 1.22 bits per heavy atom. The quantitative estimate of drug-likeness (QED) is 0.137. The summed E-state index contributed by atoms with van der Waals surface area (Å²) in [6, 6.07) is 15.5. The van der Waals surface area contributed by atoms with E-state index >= 15 is 0 Å². The molecule has 2 saturated heterocycles. The van der Waals surface area contributed by atoms with E-state index in [-0.39, 0.29) is 12.8 Å². The molecule has 4 aliphatic carbocycles. The van der Waals surface area contributed by atoms with Gasteiger partial charge in [-0.1, -0.05) is 72.8 Å². The van der Waals surface area contributed by atoms with Crippen molar-refractivity contribution in [1.29, 1.82) is 0 Å². The highest BCUT2D eigenvalue weighted by Crippen LogP contribution is 2.68. The van der Waals surface area contributed by atoms with Crippen LogP contribution in [0.4, 0.5) is 9.59 Å². The second-order valence-electron chi connectivity index (χ2n) is 18.0. The molecular formula is C44H50N4O12. The Labute approximate surface area is 347 Å². The van der Waals surface area contributed by atoms with E-state index in [0.29, 0.717) is 0 Å². The van der Waals surface area contributed by atoms with Gasteiger partial charge in [-0.2, -0.15) is 0 Å². The normalized spacial score (nSPS) is 27.2. The van der Waals surface area contributed by atoms with Crippen LogP contribution < -0.4 is 10.6 Å². The van der Waals surface area contributed by atoms with Crippen molar-refractivity contribution in [3.05, 3.63) is 83.9 Å². The van der Waals surface area contributed by atoms with Crippen molar-refractivity contribution < 1.29 is 57.3 Å². The first-order valence-corrected chi connectivity index (χ1v) is 20.1. The van der Waals surface area contributed by atoms with Crippen molar-refractivity contribution in [2.24, 2.45) is 47.3 Å². The van der Waals surface area contributed by atoms with Crippen molar-refractivity contribution in [2.75, 3.05) is 13.5 Å². The average molecular weight is 827 g/mol. The van der Waals surface area contributed by atoms with Gasteiger partial charge < -0.3 is 29.6 Å². The van der Waals surface area contributed by atoms with Crippen molar-refractivity contribution >= 4 is 47.8 Å². The molecule has 10 atom stereocenters. The number of likely N-dealkylation sites (tertiary alicyclic amines) is 2. The van der Waals surface area contributed by atoms with E-state index in [1.165, 1.54) is 0 Å². The maximum atomic E-state index is 14.0. The van der Waals surface area contributed by atoms with Gasteiger partial charge in [-0.15, -0.1) is 0 Å². The summed E-state index contributed by atoms with van der Waals surface area (Å²) >= 11 is 0. The summed E-state index contributed by atoms with van der Waals surface area (Å²) in [7, 11) is 0. The third-order valence-electron chi connectivity index (χ3n) is 11.7. The smallest absolute Gasteiger partial charge is 0.408 e. The number of ether oxygens (including phenoxy) is 4. The molecule has 2 aromatic carbocycles. The van der Waals surface area contributed by atoms with Crippen LogP contribution in [0.15, 0.2) is 72.8 Å². The Balaban J connectivity index is 1.00. The summed E-state index contributed by atoms with van der Waals surface area (Å²) in [5.74, 6) is -9.10. The van der Waals surface area contributed by atoms with Gasteiger partial charge in [0.1, 0.15) is 23.3 Å². The van der Waals surface area contributed by atoms with Crippen LogP contribution in [0, 0.1) is 47.3 Å². The maximum Gasteiger partial charge on any atom is 0.408 e. The van der Waals surface area contributed by atoms with Gasteiger partial charge in [0.15, 0.2) is 13.5 Å². The molecule has 4 fully saturated rings. The molecule has 2 aromatic rings. The molecule has 0 aromatic heterocycles. The van der Waals surface area contributed by atoms with Gasteiger partial charge in [0, 0.05) is 12.8 Å². The molecule has 6 aliphatic rings. The Morgan fingerprint density at radius 1 is 0.550 bits per heavy atom. The van der Waals surface area contributed by atoms with Crippen molar-refractivity contribution in [3.63, 3.8) is 0 Å². The lowest BCUT2D eigenvalue weighted by molar-refractivity contribution is -0.166. The molecule has 2 bridgehead atoms. The first-order chi connectivity index (χ1) is 28.3. The highest BCUT2D eigenvalue weighted by molar-refractivity contribution is 6.09. The number of benzene rings is 2. The second kappa shape index (κ2) is 16.2. The lowest BCUT2D eigenvalue weighted by atomic mass is 9.40. The van der Waals surface area contributed by atoms with Gasteiger partial charge in [-0.05, 0) is 76.3 Å². The molecule has 16 nitrogen and oxygen atoms in total. The number of nitrogens with zero attached hydrogens (tertiary/aromatic N) is 2. The maximum absolute atomic E-state index is 14.0. The Hall–Kier alpha value is -6.06. The number of carbonyl (C=O) groups is 8. The zero-order chi connectivity index (χ0) is 43.3. The van der Waals surface area contributed by atoms with Gasteiger partial charge in [-0.25, -0.2) is 29.0 Å². The van der Waals surface area contributed by atoms with E-state index in [2.05, 4.69) is 10.6 Å². The van der Waals surface area contributed by atoms with E-state index in [1.807, 2.05) is 12.2 Å². The fourth-order valence-corrected chi connectivity index (χ4v) is 9.42. The van der Waals surface area contributed by atoms with Gasteiger partial charge in [-0.3, -0.25) is 19.2 Å². The Kier molecular flexibility index (Phi) is 11.3. The van der Waals surface area contributed by atoms with E-state index < -0.39 is 132 Å². The molecule has 6 unspecified atom stereocenters. The number of rotatable bonds is 12.